The summed E-state index contributed by atoms with van der Waals surface area (Å²) >= 11 is 1.54. The number of hydrogen-bond acceptors (Lipinski definition) is 5. The van der Waals surface area contributed by atoms with Crippen molar-refractivity contribution in [2.75, 3.05) is 0 Å². The maximum Gasteiger partial charge on any atom is 0.330 e. The molecule has 0 saturated carbocycles. The summed E-state index contributed by atoms with van der Waals surface area (Å²) in [5.41, 5.74) is 3.50. The quantitative estimate of drug-likeness (QED) is 0.859. The molecule has 4 nitrogen and oxygen atoms in total. The zero-order valence-electron chi connectivity index (χ0n) is 12.5. The molecule has 0 radical (unpaired) electrons. The smallest absolute Gasteiger partial charge is 0.330 e. The van der Waals surface area contributed by atoms with Gasteiger partial charge in [0.25, 0.3) is 0 Å². The van der Waals surface area contributed by atoms with Crippen molar-refractivity contribution in [3.63, 3.8) is 0 Å². The van der Waals surface area contributed by atoms with Crippen LogP contribution in [0.4, 0.5) is 0 Å². The second-order valence-corrected chi connectivity index (χ2v) is 6.80. The highest BCUT2D eigenvalue weighted by atomic mass is 32.1. The number of rotatable bonds is 5. The number of nitrogens with one attached hydrogen (secondary N) is 1. The van der Waals surface area contributed by atoms with Gasteiger partial charge in [0.15, 0.2) is 0 Å². The van der Waals surface area contributed by atoms with Crippen molar-refractivity contribution < 1.29 is 9.63 Å². The maximum absolute atomic E-state index is 11.9. The first-order valence-corrected chi connectivity index (χ1v) is 7.75. The molecule has 2 rings (SSSR count). The molecule has 21 heavy (non-hydrogen) atoms. The van der Waals surface area contributed by atoms with Crippen molar-refractivity contribution in [3.05, 3.63) is 52.5 Å². The van der Waals surface area contributed by atoms with E-state index in [0.29, 0.717) is 6.42 Å². The lowest BCUT2D eigenvalue weighted by Gasteiger charge is -2.20. The summed E-state index contributed by atoms with van der Waals surface area (Å²) in [4.78, 5) is 21.4. The summed E-state index contributed by atoms with van der Waals surface area (Å²) in [6, 6.07) is 9.93. The topological polar surface area (TPSA) is 51.2 Å². The van der Waals surface area contributed by atoms with Crippen LogP contribution < -0.4 is 5.48 Å². The minimum Gasteiger partial charge on any atom is -0.369 e. The van der Waals surface area contributed by atoms with Crippen molar-refractivity contribution in [2.45, 2.75) is 33.2 Å². The fourth-order valence-electron chi connectivity index (χ4n) is 1.71. The zero-order valence-corrected chi connectivity index (χ0v) is 13.3. The van der Waals surface area contributed by atoms with Crippen LogP contribution in [0.15, 0.2) is 41.9 Å². The van der Waals surface area contributed by atoms with Gasteiger partial charge in [-0.25, -0.2) is 9.78 Å². The van der Waals surface area contributed by atoms with Gasteiger partial charge in [-0.3, -0.25) is 0 Å². The molecule has 1 N–H and O–H groups in total. The van der Waals surface area contributed by atoms with Crippen molar-refractivity contribution in [1.82, 2.24) is 10.5 Å². The van der Waals surface area contributed by atoms with Crippen molar-refractivity contribution in [3.8, 4) is 0 Å². The minimum absolute atomic E-state index is 0.140. The van der Waals surface area contributed by atoms with E-state index in [0.717, 1.165) is 10.6 Å². The number of aromatic nitrogens is 1. The van der Waals surface area contributed by atoms with E-state index in [1.807, 2.05) is 56.5 Å². The Morgan fingerprint density at radius 1 is 1.33 bits per heavy atom. The molecule has 1 atom stereocenters. The number of hydrogen-bond donors (Lipinski definition) is 1. The molecule has 0 aliphatic heterocycles. The fourth-order valence-corrected chi connectivity index (χ4v) is 2.39. The number of nitrogens with zero attached hydrogens (tertiary/aromatic N) is 1. The fraction of sp³-hybridized carbons (Fsp3) is 0.375. The molecule has 0 spiro atoms. The summed E-state index contributed by atoms with van der Waals surface area (Å²) in [7, 11) is 0. The Labute approximate surface area is 129 Å². The van der Waals surface area contributed by atoms with Gasteiger partial charge in [0.2, 0.25) is 0 Å². The standard InChI is InChI=1S/C16H20N2O2S/c1-16(2,3)15(19)20-18-13(14-17-9-10-21-14)11-12-7-5-4-6-8-12/h4-10,13,18H,11H2,1-3H3/t13-/m0/s1. The van der Waals surface area contributed by atoms with E-state index in [4.69, 9.17) is 4.84 Å². The highest BCUT2D eigenvalue weighted by Gasteiger charge is 2.25. The average Bonchev–Trinajstić information content (AvgIpc) is 2.97. The molecule has 0 aliphatic carbocycles. The number of carbonyl (C=O) groups is 1. The van der Waals surface area contributed by atoms with E-state index in [2.05, 4.69) is 10.5 Å². The first-order chi connectivity index (χ1) is 9.97. The van der Waals surface area contributed by atoms with E-state index in [9.17, 15) is 4.79 Å². The predicted octanol–water partition coefficient (Wildman–Crippen LogP) is 3.52. The van der Waals surface area contributed by atoms with E-state index >= 15 is 0 Å². The number of hydroxylamine groups is 1. The summed E-state index contributed by atoms with van der Waals surface area (Å²) in [6.07, 6.45) is 2.47. The van der Waals surface area contributed by atoms with Crippen molar-refractivity contribution in [2.24, 2.45) is 5.41 Å². The van der Waals surface area contributed by atoms with Crippen LogP contribution in [0, 0.1) is 5.41 Å². The summed E-state index contributed by atoms with van der Waals surface area (Å²) in [5.74, 6) is -0.280. The van der Waals surface area contributed by atoms with Gasteiger partial charge in [-0.1, -0.05) is 30.3 Å². The van der Waals surface area contributed by atoms with Gasteiger partial charge in [-0.05, 0) is 32.8 Å². The van der Waals surface area contributed by atoms with Gasteiger partial charge in [0, 0.05) is 11.6 Å². The van der Waals surface area contributed by atoms with Gasteiger partial charge in [-0.2, -0.15) is 0 Å². The van der Waals surface area contributed by atoms with Crippen LogP contribution in [0.25, 0.3) is 0 Å². The summed E-state index contributed by atoms with van der Waals surface area (Å²) in [5, 5.41) is 2.82. The largest absolute Gasteiger partial charge is 0.369 e. The average molecular weight is 304 g/mol. The normalized spacial score (nSPS) is 12.9. The van der Waals surface area contributed by atoms with E-state index < -0.39 is 5.41 Å². The third-order valence-electron chi connectivity index (χ3n) is 2.94. The lowest BCUT2D eigenvalue weighted by atomic mass is 9.98. The molecular formula is C16H20N2O2S. The highest BCUT2D eigenvalue weighted by molar-refractivity contribution is 7.09. The summed E-state index contributed by atoms with van der Waals surface area (Å²) in [6.45, 7) is 5.48. The lowest BCUT2D eigenvalue weighted by molar-refractivity contribution is -0.162. The molecule has 1 heterocycles. The van der Waals surface area contributed by atoms with Crippen LogP contribution in [-0.2, 0) is 16.1 Å². The molecule has 0 amide bonds. The third kappa shape index (κ3) is 4.65. The van der Waals surface area contributed by atoms with E-state index in [-0.39, 0.29) is 12.0 Å². The first kappa shape index (κ1) is 15.7. The molecular weight excluding hydrogens is 284 g/mol. The van der Waals surface area contributed by atoms with Crippen molar-refractivity contribution in [1.29, 1.82) is 0 Å². The molecule has 0 fully saturated rings. The summed E-state index contributed by atoms with van der Waals surface area (Å²) < 4.78 is 0. The second-order valence-electron chi connectivity index (χ2n) is 5.87. The van der Waals surface area contributed by atoms with Crippen molar-refractivity contribution >= 4 is 17.3 Å². The van der Waals surface area contributed by atoms with Crippen LogP contribution in [0.2, 0.25) is 0 Å². The molecule has 112 valence electrons. The minimum atomic E-state index is -0.535. The third-order valence-corrected chi connectivity index (χ3v) is 3.83. The van der Waals surface area contributed by atoms with Gasteiger partial charge in [0.1, 0.15) is 5.01 Å². The Morgan fingerprint density at radius 3 is 2.62 bits per heavy atom. The Balaban J connectivity index is 2.05. The van der Waals surface area contributed by atoms with Crippen LogP contribution in [0.1, 0.15) is 37.4 Å². The molecule has 0 saturated heterocycles. The van der Waals surface area contributed by atoms with Gasteiger partial charge < -0.3 is 4.84 Å². The Morgan fingerprint density at radius 2 is 2.05 bits per heavy atom. The SMILES string of the molecule is CC(C)(C)C(=O)ON[C@@H](Cc1ccccc1)c1nccs1. The van der Waals surface area contributed by atoms with Gasteiger partial charge >= 0.3 is 5.97 Å². The lowest BCUT2D eigenvalue weighted by Crippen LogP contribution is -2.32. The van der Waals surface area contributed by atoms with Crippen LogP contribution in [0.3, 0.4) is 0 Å². The second kappa shape index (κ2) is 6.83. The number of thiazole rings is 1. The Hall–Kier alpha value is -1.72. The van der Waals surface area contributed by atoms with Gasteiger partial charge in [-0.15, -0.1) is 16.8 Å². The van der Waals surface area contributed by atoms with Gasteiger partial charge in [0.05, 0.1) is 11.5 Å². The molecule has 1 aromatic heterocycles. The van der Waals surface area contributed by atoms with Crippen LogP contribution in [0.5, 0.6) is 0 Å². The monoisotopic (exact) mass is 304 g/mol. The van der Waals surface area contributed by atoms with Crippen LogP contribution >= 0.6 is 11.3 Å². The van der Waals surface area contributed by atoms with E-state index in [1.165, 1.54) is 0 Å². The van der Waals surface area contributed by atoms with E-state index in [1.54, 1.807) is 17.5 Å². The zero-order chi connectivity index (χ0) is 15.3. The molecule has 1 aromatic carbocycles. The highest BCUT2D eigenvalue weighted by Crippen LogP contribution is 2.22. The first-order valence-electron chi connectivity index (χ1n) is 6.87. The predicted molar refractivity (Wildman–Crippen MR) is 83.7 cm³/mol. The molecule has 0 bridgehead atoms. The number of carbonyl (C=O) groups excluding carboxylic acids is 1. The Bertz CT molecular complexity index is 562. The number of benzene rings is 1. The van der Waals surface area contributed by atoms with Crippen LogP contribution in [-0.4, -0.2) is 11.0 Å². The Kier molecular flexibility index (Phi) is 5.09. The maximum atomic E-state index is 11.9. The molecule has 2 aromatic rings. The molecule has 0 unspecified atom stereocenters. The molecule has 5 heteroatoms. The molecule has 0 aliphatic rings.